The zero-order chi connectivity index (χ0) is 16.4. The van der Waals surface area contributed by atoms with Gasteiger partial charge in [0.05, 0.1) is 12.1 Å². The van der Waals surface area contributed by atoms with Crippen LogP contribution in [-0.4, -0.2) is 45.8 Å². The molecule has 23 heavy (non-hydrogen) atoms. The maximum absolute atomic E-state index is 12.6. The van der Waals surface area contributed by atoms with Gasteiger partial charge in [-0.2, -0.15) is 0 Å². The first-order valence-electron chi connectivity index (χ1n) is 8.12. The van der Waals surface area contributed by atoms with E-state index in [1.54, 1.807) is 0 Å². The van der Waals surface area contributed by atoms with Gasteiger partial charge in [0.15, 0.2) is 0 Å². The molecule has 6 heteroatoms. The average molecular weight is 318 g/mol. The Hall–Kier alpha value is -2.08. The number of hydrogen-bond donors (Lipinski definition) is 3. The van der Waals surface area contributed by atoms with E-state index in [1.807, 2.05) is 18.2 Å². The van der Waals surface area contributed by atoms with E-state index in [0.29, 0.717) is 6.42 Å². The van der Waals surface area contributed by atoms with Gasteiger partial charge in [-0.15, -0.1) is 0 Å². The van der Waals surface area contributed by atoms with Crippen LogP contribution in [0.1, 0.15) is 42.9 Å². The van der Waals surface area contributed by atoms with Crippen LogP contribution in [0.4, 0.5) is 4.79 Å². The third-order valence-electron chi connectivity index (χ3n) is 4.81. The van der Waals surface area contributed by atoms with E-state index in [0.717, 1.165) is 29.7 Å². The van der Waals surface area contributed by atoms with Crippen molar-refractivity contribution in [2.75, 3.05) is 6.54 Å². The Labute approximate surface area is 135 Å². The number of nitrogens with zero attached hydrogens (tertiary/aromatic N) is 1. The third-order valence-corrected chi connectivity index (χ3v) is 4.81. The van der Waals surface area contributed by atoms with Crippen molar-refractivity contribution in [2.24, 2.45) is 0 Å². The van der Waals surface area contributed by atoms with Gasteiger partial charge in [-0.05, 0) is 36.8 Å². The topological polar surface area (TPSA) is 89.9 Å². The van der Waals surface area contributed by atoms with Gasteiger partial charge in [-0.1, -0.05) is 24.3 Å². The van der Waals surface area contributed by atoms with Crippen molar-refractivity contribution in [3.8, 4) is 0 Å². The molecule has 0 aromatic heterocycles. The molecule has 1 aliphatic heterocycles. The number of amides is 2. The number of carboxylic acid groups (broad SMARTS) is 1. The van der Waals surface area contributed by atoms with Gasteiger partial charge in [0.1, 0.15) is 6.04 Å². The summed E-state index contributed by atoms with van der Waals surface area (Å²) < 4.78 is 0. The molecule has 1 aromatic rings. The molecule has 1 fully saturated rings. The Balaban J connectivity index is 1.75. The molecular formula is C17H22N2O4. The predicted octanol–water partition coefficient (Wildman–Crippen LogP) is 1.68. The van der Waals surface area contributed by atoms with Gasteiger partial charge >= 0.3 is 6.09 Å². The number of aliphatic hydroxyl groups is 1. The molecule has 2 amide bonds. The molecule has 0 saturated carbocycles. The van der Waals surface area contributed by atoms with Crippen molar-refractivity contribution >= 4 is 12.0 Å². The zero-order valence-corrected chi connectivity index (χ0v) is 12.9. The minimum atomic E-state index is -1.11. The number of carbonyl (C=O) groups excluding carboxylic acids is 1. The molecule has 0 bridgehead atoms. The standard InChI is InChI=1S/C17H22N2O4/c20-12-8-9-19(17(22)23)15(10-12)16(21)18-14-7-3-5-11-4-1-2-6-13(11)14/h1-2,4,6,12,14-15,20H,3,5,7-10H2,(H,18,21)(H,22,23)/t12?,14-,15?/m1/s1. The second-order valence-electron chi connectivity index (χ2n) is 6.32. The Morgan fingerprint density at radius 2 is 2.00 bits per heavy atom. The van der Waals surface area contributed by atoms with E-state index >= 15 is 0 Å². The molecule has 2 aliphatic rings. The zero-order valence-electron chi connectivity index (χ0n) is 12.9. The van der Waals surface area contributed by atoms with Crippen LogP contribution in [0.5, 0.6) is 0 Å². The highest BCUT2D eigenvalue weighted by Crippen LogP contribution is 2.30. The van der Waals surface area contributed by atoms with E-state index in [-0.39, 0.29) is 24.9 Å². The van der Waals surface area contributed by atoms with Crippen molar-refractivity contribution in [2.45, 2.75) is 50.3 Å². The molecular weight excluding hydrogens is 296 g/mol. The summed E-state index contributed by atoms with van der Waals surface area (Å²) in [6.45, 7) is 0.190. The number of piperidine rings is 1. The minimum absolute atomic E-state index is 0.0813. The summed E-state index contributed by atoms with van der Waals surface area (Å²) in [4.78, 5) is 25.1. The van der Waals surface area contributed by atoms with E-state index in [4.69, 9.17) is 0 Å². The van der Waals surface area contributed by atoms with Crippen molar-refractivity contribution < 1.29 is 19.8 Å². The Kier molecular flexibility index (Phi) is 4.52. The van der Waals surface area contributed by atoms with Crippen LogP contribution >= 0.6 is 0 Å². The lowest BCUT2D eigenvalue weighted by molar-refractivity contribution is -0.129. The van der Waals surface area contributed by atoms with Crippen molar-refractivity contribution in [3.63, 3.8) is 0 Å². The SMILES string of the molecule is O=C(N[C@@H]1CCCc2ccccc21)C1CC(O)CCN1C(=O)O. The molecule has 2 unspecified atom stereocenters. The van der Waals surface area contributed by atoms with Gasteiger partial charge in [-0.3, -0.25) is 9.69 Å². The molecule has 124 valence electrons. The van der Waals surface area contributed by atoms with Crippen molar-refractivity contribution in [3.05, 3.63) is 35.4 Å². The van der Waals surface area contributed by atoms with Crippen molar-refractivity contribution in [1.29, 1.82) is 0 Å². The summed E-state index contributed by atoms with van der Waals surface area (Å²) in [5.41, 5.74) is 2.35. The van der Waals surface area contributed by atoms with E-state index in [2.05, 4.69) is 11.4 Å². The lowest BCUT2D eigenvalue weighted by Crippen LogP contribution is -2.54. The second kappa shape index (κ2) is 6.58. The summed E-state index contributed by atoms with van der Waals surface area (Å²) >= 11 is 0. The van der Waals surface area contributed by atoms with Crippen LogP contribution in [-0.2, 0) is 11.2 Å². The number of carbonyl (C=O) groups is 2. The number of likely N-dealkylation sites (tertiary alicyclic amines) is 1. The molecule has 1 aliphatic carbocycles. The Bertz CT molecular complexity index is 604. The van der Waals surface area contributed by atoms with Gasteiger partial charge in [0, 0.05) is 13.0 Å². The number of hydrogen-bond acceptors (Lipinski definition) is 3. The van der Waals surface area contributed by atoms with Gasteiger partial charge in [0.2, 0.25) is 5.91 Å². The number of aryl methyl sites for hydroxylation is 1. The van der Waals surface area contributed by atoms with E-state index in [1.165, 1.54) is 5.56 Å². The van der Waals surface area contributed by atoms with Gasteiger partial charge < -0.3 is 15.5 Å². The number of benzene rings is 1. The van der Waals surface area contributed by atoms with Crippen molar-refractivity contribution in [1.82, 2.24) is 10.2 Å². The quantitative estimate of drug-likeness (QED) is 0.774. The third kappa shape index (κ3) is 3.32. The maximum atomic E-state index is 12.6. The van der Waals surface area contributed by atoms with Crippen LogP contribution in [0.2, 0.25) is 0 Å². The van der Waals surface area contributed by atoms with Crippen LogP contribution < -0.4 is 5.32 Å². The van der Waals surface area contributed by atoms with Crippen LogP contribution in [0.15, 0.2) is 24.3 Å². The van der Waals surface area contributed by atoms with Gasteiger partial charge in [-0.25, -0.2) is 4.79 Å². The lowest BCUT2D eigenvalue weighted by atomic mass is 9.87. The molecule has 3 N–H and O–H groups in total. The number of fused-ring (bicyclic) bond motifs is 1. The predicted molar refractivity (Wildman–Crippen MR) is 84.0 cm³/mol. The highest BCUT2D eigenvalue weighted by Gasteiger charge is 2.36. The first-order chi connectivity index (χ1) is 11.1. The number of rotatable bonds is 2. The molecule has 1 saturated heterocycles. The fourth-order valence-electron chi connectivity index (χ4n) is 3.60. The fraction of sp³-hybridized carbons (Fsp3) is 0.529. The normalized spacial score (nSPS) is 27.2. The molecule has 0 radical (unpaired) electrons. The lowest BCUT2D eigenvalue weighted by Gasteiger charge is -2.36. The smallest absolute Gasteiger partial charge is 0.407 e. The summed E-state index contributed by atoms with van der Waals surface area (Å²) in [6, 6.07) is 7.14. The Morgan fingerprint density at radius 1 is 1.22 bits per heavy atom. The van der Waals surface area contributed by atoms with Gasteiger partial charge in [0.25, 0.3) is 0 Å². The van der Waals surface area contributed by atoms with E-state index < -0.39 is 18.2 Å². The van der Waals surface area contributed by atoms with Crippen LogP contribution in [0, 0.1) is 0 Å². The first-order valence-corrected chi connectivity index (χ1v) is 8.12. The monoisotopic (exact) mass is 318 g/mol. The maximum Gasteiger partial charge on any atom is 0.407 e. The number of nitrogens with one attached hydrogen (secondary N) is 1. The Morgan fingerprint density at radius 3 is 2.78 bits per heavy atom. The van der Waals surface area contributed by atoms with E-state index in [9.17, 15) is 19.8 Å². The van der Waals surface area contributed by atoms with Crippen LogP contribution in [0.25, 0.3) is 0 Å². The molecule has 0 spiro atoms. The molecule has 3 atom stereocenters. The average Bonchev–Trinajstić information content (AvgIpc) is 2.54. The minimum Gasteiger partial charge on any atom is -0.465 e. The molecule has 1 aromatic carbocycles. The second-order valence-corrected chi connectivity index (χ2v) is 6.32. The number of aliphatic hydroxyl groups excluding tert-OH is 1. The highest BCUT2D eigenvalue weighted by molar-refractivity contribution is 5.86. The summed E-state index contributed by atoms with van der Waals surface area (Å²) in [5.74, 6) is -0.312. The molecule has 1 heterocycles. The van der Waals surface area contributed by atoms with Crippen LogP contribution in [0.3, 0.4) is 0 Å². The summed E-state index contributed by atoms with van der Waals surface area (Å²) in [5, 5.41) is 22.1. The molecule has 6 nitrogen and oxygen atoms in total. The first kappa shape index (κ1) is 15.8. The fourth-order valence-corrected chi connectivity index (χ4v) is 3.60. The molecule has 3 rings (SSSR count). The largest absolute Gasteiger partial charge is 0.465 e. The summed E-state index contributed by atoms with van der Waals surface area (Å²) in [6.07, 6.45) is 1.66. The summed E-state index contributed by atoms with van der Waals surface area (Å²) in [7, 11) is 0. The highest BCUT2D eigenvalue weighted by atomic mass is 16.4.